The van der Waals surface area contributed by atoms with Crippen LogP contribution in [0.1, 0.15) is 11.9 Å². The SMILES string of the molecule is CO[C@H]1[C@@H](N=[N+]=[N-])[C@@H]2O[C@H](c3ccccc3)OC[C@H]2O[C@@H]1F. The van der Waals surface area contributed by atoms with Crippen molar-refractivity contribution in [2.45, 2.75) is 37.0 Å². The van der Waals surface area contributed by atoms with Crippen LogP contribution in [-0.4, -0.2) is 44.4 Å². The van der Waals surface area contributed by atoms with Gasteiger partial charge in [-0.05, 0) is 5.53 Å². The molecule has 0 bridgehead atoms. The van der Waals surface area contributed by atoms with E-state index in [1.54, 1.807) is 0 Å². The van der Waals surface area contributed by atoms with Crippen LogP contribution in [0.25, 0.3) is 10.4 Å². The molecule has 8 heteroatoms. The van der Waals surface area contributed by atoms with Crippen molar-refractivity contribution in [2.24, 2.45) is 5.11 Å². The summed E-state index contributed by atoms with van der Waals surface area (Å²) >= 11 is 0. The second kappa shape index (κ2) is 6.60. The van der Waals surface area contributed by atoms with Gasteiger partial charge in [0.25, 0.3) is 0 Å². The van der Waals surface area contributed by atoms with Gasteiger partial charge < -0.3 is 18.9 Å². The van der Waals surface area contributed by atoms with Gasteiger partial charge in [0.15, 0.2) is 6.29 Å². The highest BCUT2D eigenvalue weighted by molar-refractivity contribution is 5.16. The molecule has 2 saturated heterocycles. The molecule has 1 aromatic carbocycles. The van der Waals surface area contributed by atoms with E-state index in [2.05, 4.69) is 10.0 Å². The van der Waals surface area contributed by atoms with Crippen LogP contribution in [0.15, 0.2) is 35.4 Å². The van der Waals surface area contributed by atoms with E-state index >= 15 is 0 Å². The van der Waals surface area contributed by atoms with Crippen molar-refractivity contribution in [3.05, 3.63) is 46.3 Å². The van der Waals surface area contributed by atoms with Gasteiger partial charge in [0, 0.05) is 17.6 Å². The Morgan fingerprint density at radius 1 is 1.32 bits per heavy atom. The van der Waals surface area contributed by atoms with E-state index in [-0.39, 0.29) is 6.61 Å². The largest absolute Gasteiger partial charge is 0.375 e. The summed E-state index contributed by atoms with van der Waals surface area (Å²) in [5, 5.41) is 3.65. The third kappa shape index (κ3) is 2.79. The monoisotopic (exact) mass is 309 g/mol. The van der Waals surface area contributed by atoms with E-state index < -0.39 is 37.0 Å². The molecule has 2 fully saturated rings. The molecule has 3 rings (SSSR count). The zero-order valence-electron chi connectivity index (χ0n) is 11.9. The molecule has 118 valence electrons. The van der Waals surface area contributed by atoms with Crippen LogP contribution in [0.2, 0.25) is 0 Å². The number of hydrogen-bond acceptors (Lipinski definition) is 5. The molecule has 0 aromatic heterocycles. The van der Waals surface area contributed by atoms with Crippen LogP contribution in [0, 0.1) is 0 Å². The Labute approximate surface area is 126 Å². The van der Waals surface area contributed by atoms with E-state index in [9.17, 15) is 4.39 Å². The highest BCUT2D eigenvalue weighted by Crippen LogP contribution is 2.36. The second-order valence-corrected chi connectivity index (χ2v) is 5.10. The van der Waals surface area contributed by atoms with Crippen LogP contribution in [-0.2, 0) is 18.9 Å². The molecule has 6 atom stereocenters. The fraction of sp³-hybridized carbons (Fsp3) is 0.571. The maximum absolute atomic E-state index is 14.0. The van der Waals surface area contributed by atoms with Crippen molar-refractivity contribution in [1.29, 1.82) is 0 Å². The van der Waals surface area contributed by atoms with Crippen LogP contribution in [0.5, 0.6) is 0 Å². The molecule has 1 aromatic rings. The topological polar surface area (TPSA) is 85.7 Å². The molecule has 0 saturated carbocycles. The summed E-state index contributed by atoms with van der Waals surface area (Å²) in [5.41, 5.74) is 9.57. The molecule has 2 heterocycles. The van der Waals surface area contributed by atoms with E-state index in [0.29, 0.717) is 0 Å². The Morgan fingerprint density at radius 2 is 2.09 bits per heavy atom. The van der Waals surface area contributed by atoms with Gasteiger partial charge in [0.1, 0.15) is 18.3 Å². The van der Waals surface area contributed by atoms with Gasteiger partial charge in [0.05, 0.1) is 12.6 Å². The standard InChI is InChI=1S/C14H16FN3O4/c1-19-12-10(17-18-16)11-9(21-13(12)15)7-20-14(22-11)8-5-3-2-4-6-8/h2-6,9-14H,7H2,1H3/t9-,10+,11-,12+,13+,14-/m1/s1. The summed E-state index contributed by atoms with van der Waals surface area (Å²) in [6.45, 7) is 0.151. The first-order valence-electron chi connectivity index (χ1n) is 6.93. The molecular weight excluding hydrogens is 293 g/mol. The van der Waals surface area contributed by atoms with Crippen LogP contribution < -0.4 is 0 Å². The number of methoxy groups -OCH3 is 1. The summed E-state index contributed by atoms with van der Waals surface area (Å²) in [7, 11) is 1.34. The first-order valence-corrected chi connectivity index (χ1v) is 6.93. The van der Waals surface area contributed by atoms with E-state index in [0.717, 1.165) is 5.56 Å². The number of ether oxygens (including phenoxy) is 4. The zero-order chi connectivity index (χ0) is 15.5. The van der Waals surface area contributed by atoms with Crippen LogP contribution >= 0.6 is 0 Å². The molecule has 0 unspecified atom stereocenters. The summed E-state index contributed by atoms with van der Waals surface area (Å²) in [6.07, 6.45) is -4.59. The van der Waals surface area contributed by atoms with Crippen molar-refractivity contribution < 1.29 is 23.3 Å². The normalized spacial score (nSPS) is 37.9. The highest BCUT2D eigenvalue weighted by Gasteiger charge is 2.50. The summed E-state index contributed by atoms with van der Waals surface area (Å²) in [4.78, 5) is 2.78. The number of benzene rings is 1. The molecule has 2 aliphatic rings. The first-order chi connectivity index (χ1) is 10.7. The molecule has 0 aliphatic carbocycles. The third-order valence-electron chi connectivity index (χ3n) is 3.82. The first kappa shape index (κ1) is 15.2. The lowest BCUT2D eigenvalue weighted by Gasteiger charge is -2.45. The number of nitrogens with zero attached hydrogens (tertiary/aromatic N) is 3. The third-order valence-corrected chi connectivity index (χ3v) is 3.82. The highest BCUT2D eigenvalue weighted by atomic mass is 19.1. The van der Waals surface area contributed by atoms with Crippen LogP contribution in [0.4, 0.5) is 4.39 Å². The average molecular weight is 309 g/mol. The molecule has 0 amide bonds. The number of rotatable bonds is 3. The second-order valence-electron chi connectivity index (χ2n) is 5.10. The number of halogens is 1. The van der Waals surface area contributed by atoms with Crippen molar-refractivity contribution in [2.75, 3.05) is 13.7 Å². The Morgan fingerprint density at radius 3 is 2.77 bits per heavy atom. The minimum Gasteiger partial charge on any atom is -0.375 e. The van der Waals surface area contributed by atoms with Gasteiger partial charge >= 0.3 is 0 Å². The Hall–Kier alpha value is -1.70. The lowest BCUT2D eigenvalue weighted by Crippen LogP contribution is -2.60. The van der Waals surface area contributed by atoms with Crippen molar-refractivity contribution in [3.63, 3.8) is 0 Å². The minimum atomic E-state index is -1.69. The molecule has 0 spiro atoms. The van der Waals surface area contributed by atoms with Crippen molar-refractivity contribution >= 4 is 0 Å². The van der Waals surface area contributed by atoms with Crippen LogP contribution in [0.3, 0.4) is 0 Å². The van der Waals surface area contributed by atoms with Gasteiger partial charge in [-0.2, -0.15) is 0 Å². The summed E-state index contributed by atoms with van der Waals surface area (Å²) in [5.74, 6) is 0. The van der Waals surface area contributed by atoms with E-state index in [1.807, 2.05) is 30.3 Å². The number of fused-ring (bicyclic) bond motifs is 1. The number of alkyl halides is 1. The minimum absolute atomic E-state index is 0.151. The fourth-order valence-electron chi connectivity index (χ4n) is 2.77. The number of azide groups is 1. The average Bonchev–Trinajstić information content (AvgIpc) is 2.56. The maximum atomic E-state index is 14.0. The number of hydrogen-bond donors (Lipinski definition) is 0. The van der Waals surface area contributed by atoms with Crippen molar-refractivity contribution in [3.8, 4) is 0 Å². The van der Waals surface area contributed by atoms with Gasteiger partial charge in [-0.25, -0.2) is 4.39 Å². The molecule has 0 N–H and O–H groups in total. The smallest absolute Gasteiger partial charge is 0.226 e. The zero-order valence-corrected chi connectivity index (χ0v) is 11.9. The van der Waals surface area contributed by atoms with Crippen molar-refractivity contribution in [1.82, 2.24) is 0 Å². The molecule has 0 radical (unpaired) electrons. The Balaban J connectivity index is 1.83. The van der Waals surface area contributed by atoms with Gasteiger partial charge in [-0.3, -0.25) is 0 Å². The van der Waals surface area contributed by atoms with Gasteiger partial charge in [0.2, 0.25) is 6.36 Å². The molecule has 22 heavy (non-hydrogen) atoms. The van der Waals surface area contributed by atoms with Gasteiger partial charge in [-0.15, -0.1) is 0 Å². The lowest BCUT2D eigenvalue weighted by molar-refractivity contribution is -0.324. The predicted octanol–water partition coefficient (Wildman–Crippen LogP) is 2.49. The fourth-order valence-corrected chi connectivity index (χ4v) is 2.77. The summed E-state index contributed by atoms with van der Waals surface area (Å²) in [6, 6.07) is 8.53. The molecule has 7 nitrogen and oxygen atoms in total. The molecular formula is C14H16FN3O4. The maximum Gasteiger partial charge on any atom is 0.226 e. The quantitative estimate of drug-likeness (QED) is 0.487. The Bertz CT molecular complexity index is 554. The van der Waals surface area contributed by atoms with Gasteiger partial charge in [-0.1, -0.05) is 35.4 Å². The van der Waals surface area contributed by atoms with E-state index in [4.69, 9.17) is 24.5 Å². The Kier molecular flexibility index (Phi) is 4.56. The lowest BCUT2D eigenvalue weighted by atomic mass is 9.96. The predicted molar refractivity (Wildman–Crippen MR) is 73.5 cm³/mol. The summed E-state index contributed by atoms with van der Waals surface area (Å²) < 4.78 is 35.7. The van der Waals surface area contributed by atoms with E-state index in [1.165, 1.54) is 7.11 Å². The molecule has 2 aliphatic heterocycles.